The van der Waals surface area contributed by atoms with Gasteiger partial charge < -0.3 is 10.8 Å². The molecule has 6 heteroatoms. The summed E-state index contributed by atoms with van der Waals surface area (Å²) in [7, 11) is 0. The number of nitrogens with zero attached hydrogens (tertiary/aromatic N) is 1. The SMILES string of the molecule is Cc1cccc(-c2scc([N+](=O)[O-])c2N)c1O. The van der Waals surface area contributed by atoms with Gasteiger partial charge in [0.2, 0.25) is 0 Å². The fourth-order valence-corrected chi connectivity index (χ4v) is 2.52. The lowest BCUT2D eigenvalue weighted by Gasteiger charge is -2.05. The van der Waals surface area contributed by atoms with Gasteiger partial charge >= 0.3 is 5.69 Å². The van der Waals surface area contributed by atoms with Crippen molar-refractivity contribution in [2.45, 2.75) is 6.92 Å². The Hall–Kier alpha value is -2.08. The number of hydrogen-bond acceptors (Lipinski definition) is 5. The van der Waals surface area contributed by atoms with Gasteiger partial charge in [-0.15, -0.1) is 11.3 Å². The summed E-state index contributed by atoms with van der Waals surface area (Å²) in [5, 5.41) is 22.0. The van der Waals surface area contributed by atoms with Crippen molar-refractivity contribution in [2.75, 3.05) is 5.73 Å². The minimum absolute atomic E-state index is 0.0981. The van der Waals surface area contributed by atoms with Crippen LogP contribution in [0.4, 0.5) is 11.4 Å². The van der Waals surface area contributed by atoms with Crippen LogP contribution in [0.25, 0.3) is 10.4 Å². The van der Waals surface area contributed by atoms with Gasteiger partial charge in [-0.2, -0.15) is 0 Å². The second kappa shape index (κ2) is 4.06. The van der Waals surface area contributed by atoms with E-state index in [1.54, 1.807) is 25.1 Å². The lowest BCUT2D eigenvalue weighted by molar-refractivity contribution is -0.383. The van der Waals surface area contributed by atoms with Crippen LogP contribution in [0.5, 0.6) is 5.75 Å². The van der Waals surface area contributed by atoms with Crippen molar-refractivity contribution in [3.63, 3.8) is 0 Å². The number of nitrogens with two attached hydrogens (primary N) is 1. The molecule has 17 heavy (non-hydrogen) atoms. The lowest BCUT2D eigenvalue weighted by Crippen LogP contribution is -1.93. The van der Waals surface area contributed by atoms with Gasteiger partial charge in [-0.25, -0.2) is 0 Å². The second-order valence-electron chi connectivity index (χ2n) is 3.59. The van der Waals surface area contributed by atoms with Crippen LogP contribution in [0.2, 0.25) is 0 Å². The number of benzene rings is 1. The summed E-state index contributed by atoms with van der Waals surface area (Å²) < 4.78 is 0. The monoisotopic (exact) mass is 250 g/mol. The average Bonchev–Trinajstić information content (AvgIpc) is 2.64. The lowest BCUT2D eigenvalue weighted by atomic mass is 10.1. The van der Waals surface area contributed by atoms with Crippen molar-refractivity contribution in [3.8, 4) is 16.2 Å². The third-order valence-electron chi connectivity index (χ3n) is 2.49. The van der Waals surface area contributed by atoms with Crippen molar-refractivity contribution in [2.24, 2.45) is 0 Å². The predicted molar refractivity (Wildman–Crippen MR) is 67.2 cm³/mol. The normalized spacial score (nSPS) is 10.4. The van der Waals surface area contributed by atoms with E-state index in [1.807, 2.05) is 0 Å². The van der Waals surface area contributed by atoms with Gasteiger partial charge in [-0.1, -0.05) is 12.1 Å². The summed E-state index contributed by atoms with van der Waals surface area (Å²) in [4.78, 5) is 10.7. The van der Waals surface area contributed by atoms with Crippen LogP contribution < -0.4 is 5.73 Å². The van der Waals surface area contributed by atoms with E-state index in [9.17, 15) is 15.2 Å². The smallest absolute Gasteiger partial charge is 0.303 e. The molecule has 0 amide bonds. The van der Waals surface area contributed by atoms with E-state index in [-0.39, 0.29) is 17.1 Å². The molecule has 5 nitrogen and oxygen atoms in total. The zero-order valence-corrected chi connectivity index (χ0v) is 9.82. The largest absolute Gasteiger partial charge is 0.507 e. The van der Waals surface area contributed by atoms with Gasteiger partial charge in [0, 0.05) is 5.56 Å². The Kier molecular flexibility index (Phi) is 2.72. The van der Waals surface area contributed by atoms with Crippen LogP contribution in [0, 0.1) is 17.0 Å². The van der Waals surface area contributed by atoms with E-state index in [2.05, 4.69) is 0 Å². The predicted octanol–water partition coefficient (Wildman–Crippen LogP) is 2.92. The van der Waals surface area contributed by atoms with E-state index in [1.165, 1.54) is 5.38 Å². The van der Waals surface area contributed by atoms with Gasteiger partial charge in [0.25, 0.3) is 0 Å². The number of aryl methyl sites for hydroxylation is 1. The number of aromatic hydroxyl groups is 1. The summed E-state index contributed by atoms with van der Waals surface area (Å²) in [6, 6.07) is 5.22. The zero-order valence-electron chi connectivity index (χ0n) is 9.01. The Labute approximate surface area is 101 Å². The van der Waals surface area contributed by atoms with Gasteiger partial charge in [-0.05, 0) is 18.6 Å². The summed E-state index contributed by atoms with van der Waals surface area (Å²) in [5.41, 5.74) is 6.93. The van der Waals surface area contributed by atoms with Crippen LogP contribution in [-0.4, -0.2) is 10.0 Å². The van der Waals surface area contributed by atoms with Crippen LogP contribution in [0.15, 0.2) is 23.6 Å². The number of nitrogen functional groups attached to an aromatic ring is 1. The summed E-state index contributed by atoms with van der Waals surface area (Å²) in [5.74, 6) is 0.107. The van der Waals surface area contributed by atoms with Crippen LogP contribution in [0.3, 0.4) is 0 Å². The number of phenolic OH excluding ortho intramolecular Hbond substituents is 1. The molecule has 0 radical (unpaired) electrons. The highest BCUT2D eigenvalue weighted by Crippen LogP contribution is 2.43. The molecule has 0 saturated carbocycles. The molecule has 88 valence electrons. The number of para-hydroxylation sites is 1. The first-order chi connectivity index (χ1) is 8.02. The van der Waals surface area contributed by atoms with Gasteiger partial charge in [0.1, 0.15) is 11.4 Å². The maximum Gasteiger partial charge on any atom is 0.303 e. The Morgan fingerprint density at radius 3 is 2.76 bits per heavy atom. The number of rotatable bonds is 2. The fourth-order valence-electron chi connectivity index (χ4n) is 1.55. The average molecular weight is 250 g/mol. The molecule has 0 aliphatic rings. The molecule has 0 aliphatic carbocycles. The Morgan fingerprint density at radius 2 is 2.18 bits per heavy atom. The first-order valence-corrected chi connectivity index (χ1v) is 5.70. The van der Waals surface area contributed by atoms with Gasteiger partial charge in [-0.3, -0.25) is 10.1 Å². The molecular weight excluding hydrogens is 240 g/mol. The fraction of sp³-hybridized carbons (Fsp3) is 0.0909. The highest BCUT2D eigenvalue weighted by molar-refractivity contribution is 7.14. The molecule has 0 aliphatic heterocycles. The standard InChI is InChI=1S/C11H10N2O3S/c1-6-3-2-4-7(10(6)14)11-9(12)8(5-17-11)13(15)16/h2-5,14H,12H2,1H3. The third-order valence-corrected chi connectivity index (χ3v) is 3.50. The van der Waals surface area contributed by atoms with Crippen LogP contribution in [-0.2, 0) is 0 Å². The van der Waals surface area contributed by atoms with Crippen molar-refractivity contribution < 1.29 is 10.0 Å². The summed E-state index contributed by atoms with van der Waals surface area (Å²) in [6.07, 6.45) is 0. The summed E-state index contributed by atoms with van der Waals surface area (Å²) >= 11 is 1.15. The zero-order chi connectivity index (χ0) is 12.6. The summed E-state index contributed by atoms with van der Waals surface area (Å²) in [6.45, 7) is 1.76. The molecule has 2 aromatic rings. The van der Waals surface area contributed by atoms with Gasteiger partial charge in [0.05, 0.1) is 15.2 Å². The number of hydrogen-bond donors (Lipinski definition) is 2. The highest BCUT2D eigenvalue weighted by Gasteiger charge is 2.20. The Morgan fingerprint density at radius 1 is 1.47 bits per heavy atom. The quantitative estimate of drug-likeness (QED) is 0.633. The topological polar surface area (TPSA) is 89.4 Å². The highest BCUT2D eigenvalue weighted by atomic mass is 32.1. The second-order valence-corrected chi connectivity index (χ2v) is 4.47. The first-order valence-electron chi connectivity index (χ1n) is 4.82. The van der Waals surface area contributed by atoms with Crippen molar-refractivity contribution in [1.29, 1.82) is 0 Å². The van der Waals surface area contributed by atoms with E-state index in [0.717, 1.165) is 11.3 Å². The maximum absolute atomic E-state index is 10.7. The molecule has 0 atom stereocenters. The molecule has 0 spiro atoms. The van der Waals surface area contributed by atoms with E-state index in [0.29, 0.717) is 16.0 Å². The van der Waals surface area contributed by atoms with E-state index in [4.69, 9.17) is 5.73 Å². The van der Waals surface area contributed by atoms with Crippen LogP contribution in [0.1, 0.15) is 5.56 Å². The number of anilines is 1. The Balaban J connectivity index is 2.62. The van der Waals surface area contributed by atoms with Crippen LogP contribution >= 0.6 is 11.3 Å². The van der Waals surface area contributed by atoms with E-state index < -0.39 is 4.92 Å². The van der Waals surface area contributed by atoms with Gasteiger partial charge in [0.15, 0.2) is 0 Å². The molecule has 1 heterocycles. The number of thiophene rings is 1. The first kappa shape index (κ1) is 11.4. The third kappa shape index (κ3) is 1.83. The Bertz CT molecular complexity index is 592. The molecule has 1 aromatic heterocycles. The molecular formula is C11H10N2O3S. The van der Waals surface area contributed by atoms with Crippen molar-refractivity contribution >= 4 is 22.7 Å². The maximum atomic E-state index is 10.7. The molecule has 1 aromatic carbocycles. The molecule has 3 N–H and O–H groups in total. The minimum Gasteiger partial charge on any atom is -0.507 e. The molecule has 2 rings (SSSR count). The van der Waals surface area contributed by atoms with Crippen molar-refractivity contribution in [1.82, 2.24) is 0 Å². The van der Waals surface area contributed by atoms with E-state index >= 15 is 0 Å². The number of nitro groups is 1. The number of phenols is 1. The molecule has 0 saturated heterocycles. The minimum atomic E-state index is -0.526. The molecule has 0 unspecified atom stereocenters. The molecule has 0 fully saturated rings. The van der Waals surface area contributed by atoms with Crippen molar-refractivity contribution in [3.05, 3.63) is 39.3 Å². The molecule has 0 bridgehead atoms.